The average Bonchev–Trinajstić information content (AvgIpc) is 3.86. The lowest BCUT2D eigenvalue weighted by atomic mass is 9.80. The zero-order valence-corrected chi connectivity index (χ0v) is 36.4. The summed E-state index contributed by atoms with van der Waals surface area (Å²) in [6.45, 7) is 4.76. The summed E-state index contributed by atoms with van der Waals surface area (Å²) in [7, 11) is 0. The van der Waals surface area contributed by atoms with Crippen molar-refractivity contribution in [3.05, 3.63) is 248 Å². The maximum absolute atomic E-state index is 6.46. The van der Waals surface area contributed by atoms with Crippen LogP contribution >= 0.6 is 0 Å². The number of hydrogen-bond acceptors (Lipinski definition) is 2. The highest BCUT2D eigenvalue weighted by atomic mass is 16.3. The van der Waals surface area contributed by atoms with Crippen LogP contribution in [0.25, 0.3) is 88.7 Å². The zero-order chi connectivity index (χ0) is 43.5. The van der Waals surface area contributed by atoms with E-state index in [4.69, 9.17) is 4.42 Å². The summed E-state index contributed by atoms with van der Waals surface area (Å²) in [5.74, 6) is 0. The van der Waals surface area contributed by atoms with E-state index in [2.05, 4.69) is 243 Å². The van der Waals surface area contributed by atoms with Crippen molar-refractivity contribution in [2.24, 2.45) is 0 Å². The smallest absolute Gasteiger partial charge is 0.143 e. The highest BCUT2D eigenvalue weighted by Crippen LogP contribution is 2.54. The molecule has 0 fully saturated rings. The van der Waals surface area contributed by atoms with Crippen molar-refractivity contribution in [1.82, 2.24) is 0 Å². The van der Waals surface area contributed by atoms with Gasteiger partial charge in [0, 0.05) is 38.8 Å². The summed E-state index contributed by atoms with van der Waals surface area (Å²) in [6.07, 6.45) is 0. The Morgan fingerprint density at radius 2 is 0.831 bits per heavy atom. The van der Waals surface area contributed by atoms with Crippen LogP contribution in [-0.2, 0) is 5.41 Å². The Bertz CT molecular complexity index is 3530. The molecule has 10 aromatic carbocycles. The van der Waals surface area contributed by atoms with Crippen LogP contribution in [0.1, 0.15) is 25.0 Å². The number of furan rings is 1. The van der Waals surface area contributed by atoms with Crippen molar-refractivity contribution >= 4 is 39.0 Å². The highest BCUT2D eigenvalue weighted by molar-refractivity contribution is 6.09. The number of para-hydroxylation sites is 2. The van der Waals surface area contributed by atoms with E-state index < -0.39 is 0 Å². The summed E-state index contributed by atoms with van der Waals surface area (Å²) in [5.41, 5.74) is 22.1. The van der Waals surface area contributed by atoms with Gasteiger partial charge in [0.25, 0.3) is 0 Å². The van der Waals surface area contributed by atoms with E-state index in [1.54, 1.807) is 0 Å². The Morgan fingerprint density at radius 3 is 1.54 bits per heavy atom. The van der Waals surface area contributed by atoms with Gasteiger partial charge in [-0.3, -0.25) is 0 Å². The van der Waals surface area contributed by atoms with Crippen LogP contribution in [0.3, 0.4) is 0 Å². The fourth-order valence-electron chi connectivity index (χ4n) is 10.2. The summed E-state index contributed by atoms with van der Waals surface area (Å²) < 4.78 is 6.46. The second kappa shape index (κ2) is 15.6. The first kappa shape index (κ1) is 38.5. The first-order chi connectivity index (χ1) is 32.0. The number of fused-ring (bicyclic) bond motifs is 6. The lowest BCUT2D eigenvalue weighted by Gasteiger charge is -2.26. The molecule has 2 nitrogen and oxygen atoms in total. The Labute approximate surface area is 380 Å². The highest BCUT2D eigenvalue weighted by Gasteiger charge is 2.38. The van der Waals surface area contributed by atoms with Crippen molar-refractivity contribution in [2.75, 3.05) is 4.90 Å². The largest absolute Gasteiger partial charge is 0.455 e. The molecule has 1 aliphatic rings. The van der Waals surface area contributed by atoms with Gasteiger partial charge < -0.3 is 9.32 Å². The minimum absolute atomic E-state index is 0.176. The molecule has 0 unspecified atom stereocenters. The minimum atomic E-state index is -0.176. The van der Waals surface area contributed by atoms with Crippen LogP contribution in [0.15, 0.2) is 241 Å². The third-order valence-electron chi connectivity index (χ3n) is 13.5. The number of hydrogen-bond donors (Lipinski definition) is 0. The van der Waals surface area contributed by atoms with Crippen LogP contribution in [0.2, 0.25) is 0 Å². The second-order valence-electron chi connectivity index (χ2n) is 17.7. The Hall–Kier alpha value is -8.20. The second-order valence-corrected chi connectivity index (χ2v) is 17.7. The van der Waals surface area contributed by atoms with Crippen LogP contribution < -0.4 is 4.90 Å². The Morgan fingerprint density at radius 1 is 0.323 bits per heavy atom. The number of anilines is 3. The van der Waals surface area contributed by atoms with Crippen LogP contribution in [0.4, 0.5) is 17.1 Å². The van der Waals surface area contributed by atoms with Gasteiger partial charge in [0.1, 0.15) is 11.2 Å². The predicted molar refractivity (Wildman–Crippen MR) is 273 cm³/mol. The molecule has 11 aromatic rings. The molecule has 2 heteroatoms. The molecular weight excluding hydrogens is 787 g/mol. The van der Waals surface area contributed by atoms with Gasteiger partial charge in [-0.1, -0.05) is 190 Å². The maximum atomic E-state index is 6.46. The third kappa shape index (κ3) is 6.65. The molecule has 0 N–H and O–H groups in total. The molecule has 0 saturated carbocycles. The van der Waals surface area contributed by atoms with Gasteiger partial charge in [-0.05, 0) is 133 Å². The van der Waals surface area contributed by atoms with Gasteiger partial charge in [0.15, 0.2) is 0 Å². The SMILES string of the molecule is CC1(C)c2ccc(-c3cccc(N(c4ccc(-c5ccccc5)cc4)c4ccc(-c5cccc6c5oc5ccccc56)cc4)c3)cc2-c2c(-c3ccccc3)cc(-c3ccccc3)cc21. The number of benzene rings is 10. The van der Waals surface area contributed by atoms with Crippen molar-refractivity contribution in [2.45, 2.75) is 19.3 Å². The van der Waals surface area contributed by atoms with E-state index in [0.717, 1.165) is 55.7 Å². The summed E-state index contributed by atoms with van der Waals surface area (Å²) in [4.78, 5) is 2.37. The van der Waals surface area contributed by atoms with Crippen LogP contribution in [-0.4, -0.2) is 0 Å². The molecule has 12 rings (SSSR count). The van der Waals surface area contributed by atoms with Crippen LogP contribution in [0, 0.1) is 0 Å². The third-order valence-corrected chi connectivity index (χ3v) is 13.5. The van der Waals surface area contributed by atoms with E-state index in [9.17, 15) is 0 Å². The molecular formula is C63H45NO. The molecule has 0 bridgehead atoms. The molecule has 308 valence electrons. The topological polar surface area (TPSA) is 16.4 Å². The molecule has 0 atom stereocenters. The van der Waals surface area contributed by atoms with Gasteiger partial charge in [0.2, 0.25) is 0 Å². The Kier molecular flexibility index (Phi) is 9.21. The van der Waals surface area contributed by atoms with Gasteiger partial charge in [-0.15, -0.1) is 0 Å². The van der Waals surface area contributed by atoms with Gasteiger partial charge >= 0.3 is 0 Å². The van der Waals surface area contributed by atoms with Gasteiger partial charge in [-0.25, -0.2) is 0 Å². The van der Waals surface area contributed by atoms with Crippen molar-refractivity contribution in [1.29, 1.82) is 0 Å². The van der Waals surface area contributed by atoms with E-state index in [1.165, 1.54) is 61.2 Å². The lowest BCUT2D eigenvalue weighted by Crippen LogP contribution is -2.15. The molecule has 0 spiro atoms. The Balaban J connectivity index is 0.969. The average molecular weight is 832 g/mol. The van der Waals surface area contributed by atoms with Crippen molar-refractivity contribution < 1.29 is 4.42 Å². The number of nitrogens with zero attached hydrogens (tertiary/aromatic N) is 1. The van der Waals surface area contributed by atoms with E-state index in [-0.39, 0.29) is 5.41 Å². The predicted octanol–water partition coefficient (Wildman–Crippen LogP) is 17.7. The lowest BCUT2D eigenvalue weighted by molar-refractivity contribution is 0.661. The first-order valence-corrected chi connectivity index (χ1v) is 22.5. The maximum Gasteiger partial charge on any atom is 0.143 e. The first-order valence-electron chi connectivity index (χ1n) is 22.5. The summed E-state index contributed by atoms with van der Waals surface area (Å²) in [5, 5.41) is 2.27. The molecule has 1 aromatic heterocycles. The van der Waals surface area contributed by atoms with Crippen molar-refractivity contribution in [3.63, 3.8) is 0 Å². The van der Waals surface area contributed by atoms with Crippen LogP contribution in [0.5, 0.6) is 0 Å². The van der Waals surface area contributed by atoms with Crippen molar-refractivity contribution in [3.8, 4) is 66.8 Å². The summed E-state index contributed by atoms with van der Waals surface area (Å²) >= 11 is 0. The fourth-order valence-corrected chi connectivity index (χ4v) is 10.2. The molecule has 1 aliphatic carbocycles. The van der Waals surface area contributed by atoms with E-state index in [0.29, 0.717) is 0 Å². The van der Waals surface area contributed by atoms with E-state index in [1.807, 2.05) is 12.1 Å². The monoisotopic (exact) mass is 831 g/mol. The molecule has 0 saturated heterocycles. The molecule has 65 heavy (non-hydrogen) atoms. The van der Waals surface area contributed by atoms with E-state index >= 15 is 0 Å². The summed E-state index contributed by atoms with van der Waals surface area (Å²) in [6, 6.07) is 85.8. The molecule has 0 aliphatic heterocycles. The minimum Gasteiger partial charge on any atom is -0.455 e. The van der Waals surface area contributed by atoms with Gasteiger partial charge in [-0.2, -0.15) is 0 Å². The normalized spacial score (nSPS) is 12.6. The molecule has 0 radical (unpaired) electrons. The standard InChI is InChI=1S/C63H45NO/c1-63(2)58-37-32-48(39-57(58)61-56(45-20-10-5-11-21-45)40-49(41-59(61)63)43-18-8-4-9-19-43)47-22-14-23-52(38-47)64(50-33-28-44(29-34-50)42-16-6-3-7-17-42)51-35-30-46(31-36-51)53-25-15-26-55-54-24-12-13-27-60(54)65-62(53)55/h3-41H,1-2H3. The van der Waals surface area contributed by atoms with Gasteiger partial charge in [0.05, 0.1) is 0 Å². The quantitative estimate of drug-likeness (QED) is 0.152. The zero-order valence-electron chi connectivity index (χ0n) is 36.4. The number of rotatable bonds is 8. The fraction of sp³-hybridized carbons (Fsp3) is 0.0476. The molecule has 0 amide bonds. The molecule has 1 heterocycles.